The normalized spacial score (nSPS) is 21.1. The first-order chi connectivity index (χ1) is 10.2. The Morgan fingerprint density at radius 1 is 1.33 bits per heavy atom. The van der Waals surface area contributed by atoms with Gasteiger partial charge in [0.05, 0.1) is 17.8 Å². The molecule has 0 saturated carbocycles. The van der Waals surface area contributed by atoms with Gasteiger partial charge in [-0.1, -0.05) is 6.07 Å². The summed E-state index contributed by atoms with van der Waals surface area (Å²) in [5, 5.41) is 12.3. The summed E-state index contributed by atoms with van der Waals surface area (Å²) in [6.45, 7) is 0.586. The fraction of sp³-hybridized carbons (Fsp3) is 0.267. The Balaban J connectivity index is 1.73. The number of rotatable bonds is 3. The lowest BCUT2D eigenvalue weighted by Gasteiger charge is -2.19. The molecular weight excluding hydrogens is 270 g/mol. The van der Waals surface area contributed by atoms with Crippen molar-refractivity contribution in [1.82, 2.24) is 15.3 Å². The van der Waals surface area contributed by atoms with Gasteiger partial charge in [0, 0.05) is 30.8 Å². The number of ether oxygens (including phenoxy) is 1. The predicted molar refractivity (Wildman–Crippen MR) is 74.7 cm³/mol. The summed E-state index contributed by atoms with van der Waals surface area (Å²) in [6.07, 6.45) is 6.68. The SMILES string of the molecule is O=C(N[C@H]1CCO[C@@H]1c1cccnc1)c1cncc(O)c1. The van der Waals surface area contributed by atoms with Crippen LogP contribution in [0.1, 0.15) is 28.4 Å². The van der Waals surface area contributed by atoms with Crippen LogP contribution >= 0.6 is 0 Å². The van der Waals surface area contributed by atoms with E-state index in [1.165, 1.54) is 18.5 Å². The van der Waals surface area contributed by atoms with Gasteiger partial charge in [-0.05, 0) is 18.6 Å². The minimum absolute atomic E-state index is 0.0332. The fourth-order valence-corrected chi connectivity index (χ4v) is 2.41. The minimum atomic E-state index is -0.275. The number of nitrogens with zero attached hydrogens (tertiary/aromatic N) is 2. The molecule has 0 aromatic carbocycles. The van der Waals surface area contributed by atoms with E-state index >= 15 is 0 Å². The highest BCUT2D eigenvalue weighted by molar-refractivity contribution is 5.94. The second-order valence-electron chi connectivity index (χ2n) is 4.88. The van der Waals surface area contributed by atoms with Crippen molar-refractivity contribution < 1.29 is 14.6 Å². The third-order valence-corrected chi connectivity index (χ3v) is 3.41. The van der Waals surface area contributed by atoms with Crippen LogP contribution in [0.3, 0.4) is 0 Å². The van der Waals surface area contributed by atoms with Crippen LogP contribution in [0.5, 0.6) is 5.75 Å². The molecule has 3 rings (SSSR count). The van der Waals surface area contributed by atoms with Gasteiger partial charge in [-0.15, -0.1) is 0 Å². The zero-order chi connectivity index (χ0) is 14.7. The second-order valence-corrected chi connectivity index (χ2v) is 4.88. The highest BCUT2D eigenvalue weighted by Gasteiger charge is 2.31. The molecule has 1 fully saturated rings. The van der Waals surface area contributed by atoms with E-state index in [0.29, 0.717) is 12.2 Å². The van der Waals surface area contributed by atoms with Crippen LogP contribution in [0, 0.1) is 0 Å². The van der Waals surface area contributed by atoms with Gasteiger partial charge in [0.2, 0.25) is 0 Å². The van der Waals surface area contributed by atoms with Gasteiger partial charge in [0.25, 0.3) is 5.91 Å². The lowest BCUT2D eigenvalue weighted by atomic mass is 10.0. The molecule has 6 nitrogen and oxygen atoms in total. The van der Waals surface area contributed by atoms with Crippen molar-refractivity contribution in [3.05, 3.63) is 54.1 Å². The van der Waals surface area contributed by atoms with Gasteiger partial charge >= 0.3 is 0 Å². The topological polar surface area (TPSA) is 84.3 Å². The van der Waals surface area contributed by atoms with Gasteiger partial charge in [-0.25, -0.2) is 0 Å². The summed E-state index contributed by atoms with van der Waals surface area (Å²) < 4.78 is 5.69. The molecule has 6 heteroatoms. The molecule has 21 heavy (non-hydrogen) atoms. The van der Waals surface area contributed by atoms with E-state index in [9.17, 15) is 9.90 Å². The van der Waals surface area contributed by atoms with Gasteiger partial charge < -0.3 is 15.2 Å². The van der Waals surface area contributed by atoms with Crippen molar-refractivity contribution in [2.75, 3.05) is 6.61 Å². The maximum Gasteiger partial charge on any atom is 0.253 e. The van der Waals surface area contributed by atoms with Crippen LogP contribution in [0.25, 0.3) is 0 Å². The second kappa shape index (κ2) is 5.88. The van der Waals surface area contributed by atoms with Gasteiger partial charge in [-0.2, -0.15) is 0 Å². The van der Waals surface area contributed by atoms with E-state index in [4.69, 9.17) is 4.74 Å². The summed E-state index contributed by atoms with van der Waals surface area (Å²) in [5.41, 5.74) is 1.26. The van der Waals surface area contributed by atoms with Gasteiger partial charge in [-0.3, -0.25) is 14.8 Å². The zero-order valence-electron chi connectivity index (χ0n) is 11.3. The molecule has 1 aliphatic rings. The van der Waals surface area contributed by atoms with E-state index in [1.54, 1.807) is 12.4 Å². The smallest absolute Gasteiger partial charge is 0.253 e. The van der Waals surface area contributed by atoms with Crippen molar-refractivity contribution >= 4 is 5.91 Å². The molecule has 0 aliphatic carbocycles. The van der Waals surface area contributed by atoms with Crippen LogP contribution in [-0.2, 0) is 4.74 Å². The number of carbonyl (C=O) groups excluding carboxylic acids is 1. The molecule has 0 spiro atoms. The maximum atomic E-state index is 12.2. The van der Waals surface area contributed by atoms with E-state index in [-0.39, 0.29) is 23.8 Å². The lowest BCUT2D eigenvalue weighted by Crippen LogP contribution is -2.36. The Labute approximate surface area is 121 Å². The minimum Gasteiger partial charge on any atom is -0.506 e. The standard InChI is InChI=1S/C15H15N3O3/c19-12-6-11(8-17-9-12)15(20)18-13-3-5-21-14(13)10-2-1-4-16-7-10/h1-2,4,6-9,13-14,19H,3,5H2,(H,18,20)/t13-,14+/m0/s1. The molecule has 2 aromatic heterocycles. The molecule has 108 valence electrons. The van der Waals surface area contributed by atoms with Crippen LogP contribution in [0.15, 0.2) is 43.0 Å². The molecule has 0 bridgehead atoms. The first kappa shape index (κ1) is 13.5. The molecule has 2 aromatic rings. The average Bonchev–Trinajstić information content (AvgIpc) is 2.96. The van der Waals surface area contributed by atoms with Crippen LogP contribution in [0.4, 0.5) is 0 Å². The summed E-state index contributed by atoms with van der Waals surface area (Å²) in [4.78, 5) is 20.1. The molecule has 0 unspecified atom stereocenters. The number of nitrogens with one attached hydrogen (secondary N) is 1. The predicted octanol–water partition coefficient (Wildman–Crippen LogP) is 1.44. The average molecular weight is 285 g/mol. The summed E-state index contributed by atoms with van der Waals surface area (Å²) in [5.74, 6) is -0.308. The number of hydrogen-bond acceptors (Lipinski definition) is 5. The summed E-state index contributed by atoms with van der Waals surface area (Å²) in [7, 11) is 0. The monoisotopic (exact) mass is 285 g/mol. The van der Waals surface area contributed by atoms with E-state index in [1.807, 2.05) is 12.1 Å². The molecule has 1 amide bonds. The molecule has 2 N–H and O–H groups in total. The Bertz CT molecular complexity index is 633. The van der Waals surface area contributed by atoms with Crippen molar-refractivity contribution in [2.45, 2.75) is 18.6 Å². The third kappa shape index (κ3) is 3.00. The molecule has 1 aliphatic heterocycles. The Hall–Kier alpha value is -2.47. The Morgan fingerprint density at radius 3 is 3.00 bits per heavy atom. The maximum absolute atomic E-state index is 12.2. The van der Waals surface area contributed by atoms with E-state index < -0.39 is 0 Å². The third-order valence-electron chi connectivity index (χ3n) is 3.41. The zero-order valence-corrected chi connectivity index (χ0v) is 11.3. The number of pyridine rings is 2. The van der Waals surface area contributed by atoms with Crippen molar-refractivity contribution in [3.63, 3.8) is 0 Å². The molecule has 0 radical (unpaired) electrons. The van der Waals surface area contributed by atoms with E-state index in [2.05, 4.69) is 15.3 Å². The quantitative estimate of drug-likeness (QED) is 0.891. The fourth-order valence-electron chi connectivity index (χ4n) is 2.41. The van der Waals surface area contributed by atoms with E-state index in [0.717, 1.165) is 12.0 Å². The first-order valence-corrected chi connectivity index (χ1v) is 6.70. The molecule has 1 saturated heterocycles. The number of aromatic hydroxyl groups is 1. The molecule has 3 heterocycles. The largest absolute Gasteiger partial charge is 0.506 e. The van der Waals surface area contributed by atoms with Crippen molar-refractivity contribution in [1.29, 1.82) is 0 Å². The Morgan fingerprint density at radius 2 is 2.24 bits per heavy atom. The molecule has 2 atom stereocenters. The number of hydrogen-bond donors (Lipinski definition) is 2. The molecular formula is C15H15N3O3. The Kier molecular flexibility index (Phi) is 3.79. The first-order valence-electron chi connectivity index (χ1n) is 6.70. The van der Waals surface area contributed by atoms with Gasteiger partial charge in [0.15, 0.2) is 0 Å². The van der Waals surface area contributed by atoms with Crippen molar-refractivity contribution in [3.8, 4) is 5.75 Å². The highest BCUT2D eigenvalue weighted by atomic mass is 16.5. The number of carbonyl (C=O) groups is 1. The van der Waals surface area contributed by atoms with Crippen LogP contribution < -0.4 is 5.32 Å². The summed E-state index contributed by atoms with van der Waals surface area (Å²) >= 11 is 0. The number of amides is 1. The summed E-state index contributed by atoms with van der Waals surface area (Å²) in [6, 6.07) is 5.04. The number of aromatic nitrogens is 2. The van der Waals surface area contributed by atoms with Gasteiger partial charge in [0.1, 0.15) is 11.9 Å². The lowest BCUT2D eigenvalue weighted by molar-refractivity contribution is 0.0820. The highest BCUT2D eigenvalue weighted by Crippen LogP contribution is 2.28. The van der Waals surface area contributed by atoms with Crippen molar-refractivity contribution in [2.24, 2.45) is 0 Å². The van der Waals surface area contributed by atoms with Crippen LogP contribution in [0.2, 0.25) is 0 Å². The van der Waals surface area contributed by atoms with Crippen LogP contribution in [-0.4, -0.2) is 33.6 Å².